The van der Waals surface area contributed by atoms with E-state index in [9.17, 15) is 0 Å². The topological polar surface area (TPSA) is 9.23 Å². The lowest BCUT2D eigenvalue weighted by Crippen LogP contribution is -2.20. The first-order valence-corrected chi connectivity index (χ1v) is 11.3. The van der Waals surface area contributed by atoms with Gasteiger partial charge in [-0.3, -0.25) is 0 Å². The maximum atomic E-state index is 5.72. The lowest BCUT2D eigenvalue weighted by atomic mass is 9.79. The van der Waals surface area contributed by atoms with Gasteiger partial charge < -0.3 is 4.74 Å². The molecule has 0 aromatic heterocycles. The maximum absolute atomic E-state index is 5.72. The van der Waals surface area contributed by atoms with Crippen molar-refractivity contribution in [2.45, 2.75) is 97.0 Å². The standard InChI is InChI=1S/C25H40O/c1-3-5-8-11-22-14-16-23(17-15-22)12-9-6-7-10-13-24-18-20-25(21-19-24)26-4-2/h9-10,12-13,22-25H,3-5,8,11,14-21H2,1-2H3/b12-9+,13-10+/t22-,23-,24-,25-. The summed E-state index contributed by atoms with van der Waals surface area (Å²) in [7, 11) is 0. The molecule has 0 amide bonds. The highest BCUT2D eigenvalue weighted by Crippen LogP contribution is 2.32. The molecule has 0 aliphatic heterocycles. The van der Waals surface area contributed by atoms with Crippen LogP contribution in [0.15, 0.2) is 24.3 Å². The molecule has 2 aliphatic rings. The molecule has 2 fully saturated rings. The van der Waals surface area contributed by atoms with Gasteiger partial charge in [-0.2, -0.15) is 0 Å². The van der Waals surface area contributed by atoms with Crippen molar-refractivity contribution >= 4 is 0 Å². The van der Waals surface area contributed by atoms with Crippen LogP contribution in [0.2, 0.25) is 0 Å². The number of ether oxygens (including phenoxy) is 1. The molecule has 0 aromatic rings. The third-order valence-corrected chi connectivity index (χ3v) is 6.22. The van der Waals surface area contributed by atoms with Gasteiger partial charge in [0.2, 0.25) is 0 Å². The van der Waals surface area contributed by atoms with E-state index in [4.69, 9.17) is 4.74 Å². The molecule has 0 aromatic carbocycles. The molecule has 1 nitrogen and oxygen atoms in total. The van der Waals surface area contributed by atoms with Crippen LogP contribution in [0.1, 0.15) is 90.9 Å². The zero-order valence-electron chi connectivity index (χ0n) is 17.2. The maximum Gasteiger partial charge on any atom is 0.0575 e. The van der Waals surface area contributed by atoms with E-state index in [2.05, 4.69) is 50.0 Å². The zero-order valence-corrected chi connectivity index (χ0v) is 17.2. The van der Waals surface area contributed by atoms with Crippen molar-refractivity contribution in [1.29, 1.82) is 0 Å². The minimum absolute atomic E-state index is 0.500. The van der Waals surface area contributed by atoms with Gasteiger partial charge in [0.25, 0.3) is 0 Å². The Balaban J connectivity index is 1.58. The molecular formula is C25H40O. The van der Waals surface area contributed by atoms with E-state index in [1.807, 2.05) is 0 Å². The van der Waals surface area contributed by atoms with Gasteiger partial charge in [0.15, 0.2) is 0 Å². The van der Waals surface area contributed by atoms with Crippen molar-refractivity contribution < 1.29 is 4.74 Å². The Labute approximate surface area is 162 Å². The molecule has 0 saturated heterocycles. The summed E-state index contributed by atoms with van der Waals surface area (Å²) in [6, 6.07) is 0. The molecule has 0 unspecified atom stereocenters. The molecule has 1 heteroatoms. The Morgan fingerprint density at radius 3 is 1.88 bits per heavy atom. The van der Waals surface area contributed by atoms with Crippen LogP contribution in [-0.4, -0.2) is 12.7 Å². The van der Waals surface area contributed by atoms with Crippen molar-refractivity contribution in [1.82, 2.24) is 0 Å². The molecule has 0 spiro atoms. The van der Waals surface area contributed by atoms with E-state index in [-0.39, 0.29) is 0 Å². The fraction of sp³-hybridized carbons (Fsp3) is 0.760. The summed E-state index contributed by atoms with van der Waals surface area (Å²) in [5.74, 6) is 8.88. The van der Waals surface area contributed by atoms with E-state index in [0.29, 0.717) is 12.0 Å². The minimum Gasteiger partial charge on any atom is -0.379 e. The van der Waals surface area contributed by atoms with Crippen LogP contribution in [0, 0.1) is 29.6 Å². The summed E-state index contributed by atoms with van der Waals surface area (Å²) >= 11 is 0. The van der Waals surface area contributed by atoms with Crippen LogP contribution in [0.3, 0.4) is 0 Å². The van der Waals surface area contributed by atoms with Gasteiger partial charge in [0.1, 0.15) is 0 Å². The number of hydrogen-bond donors (Lipinski definition) is 0. The lowest BCUT2D eigenvalue weighted by molar-refractivity contribution is 0.0302. The van der Waals surface area contributed by atoms with Crippen LogP contribution < -0.4 is 0 Å². The third-order valence-electron chi connectivity index (χ3n) is 6.22. The Morgan fingerprint density at radius 1 is 0.769 bits per heavy atom. The molecule has 0 heterocycles. The van der Waals surface area contributed by atoms with Gasteiger partial charge in [0, 0.05) is 6.61 Å². The average molecular weight is 357 g/mol. The fourth-order valence-electron chi connectivity index (χ4n) is 4.50. The molecule has 0 bridgehead atoms. The Bertz CT molecular complexity index is 462. The normalized spacial score (nSPS) is 29.8. The van der Waals surface area contributed by atoms with Crippen molar-refractivity contribution in [3.8, 4) is 11.8 Å². The molecule has 2 rings (SSSR count). The quantitative estimate of drug-likeness (QED) is 0.333. The third kappa shape index (κ3) is 8.59. The van der Waals surface area contributed by atoms with Crippen LogP contribution in [-0.2, 0) is 4.74 Å². The number of rotatable bonds is 8. The van der Waals surface area contributed by atoms with Crippen LogP contribution in [0.25, 0.3) is 0 Å². The van der Waals surface area contributed by atoms with E-state index < -0.39 is 0 Å². The minimum atomic E-state index is 0.500. The molecule has 146 valence electrons. The molecule has 0 radical (unpaired) electrons. The number of hydrogen-bond acceptors (Lipinski definition) is 1. The predicted octanol–water partition coefficient (Wildman–Crippen LogP) is 7.08. The zero-order chi connectivity index (χ0) is 18.5. The van der Waals surface area contributed by atoms with Gasteiger partial charge in [-0.1, -0.05) is 56.6 Å². The van der Waals surface area contributed by atoms with Crippen molar-refractivity contribution in [2.75, 3.05) is 6.61 Å². The molecule has 2 aliphatic carbocycles. The van der Waals surface area contributed by atoms with Gasteiger partial charge in [-0.15, -0.1) is 0 Å². The van der Waals surface area contributed by atoms with E-state index in [1.165, 1.54) is 77.0 Å². The van der Waals surface area contributed by atoms with Crippen molar-refractivity contribution in [3.05, 3.63) is 24.3 Å². The predicted molar refractivity (Wildman–Crippen MR) is 113 cm³/mol. The smallest absolute Gasteiger partial charge is 0.0575 e. The highest BCUT2D eigenvalue weighted by Gasteiger charge is 2.19. The first-order valence-electron chi connectivity index (χ1n) is 11.3. The van der Waals surface area contributed by atoms with Crippen LogP contribution in [0.4, 0.5) is 0 Å². The van der Waals surface area contributed by atoms with Gasteiger partial charge in [0.05, 0.1) is 6.10 Å². The fourth-order valence-corrected chi connectivity index (χ4v) is 4.50. The number of allylic oxidation sites excluding steroid dienone is 4. The van der Waals surface area contributed by atoms with Crippen molar-refractivity contribution in [3.63, 3.8) is 0 Å². The first-order chi connectivity index (χ1) is 12.8. The summed E-state index contributed by atoms with van der Waals surface area (Å²) in [4.78, 5) is 0. The first kappa shape index (κ1) is 21.3. The Hall–Kier alpha value is -1.00. The molecular weight excluding hydrogens is 316 g/mol. The van der Waals surface area contributed by atoms with E-state index in [0.717, 1.165) is 18.4 Å². The Morgan fingerprint density at radius 2 is 1.35 bits per heavy atom. The summed E-state index contributed by atoms with van der Waals surface area (Å²) in [6.07, 6.45) is 25.5. The van der Waals surface area contributed by atoms with Gasteiger partial charge in [-0.05, 0) is 88.2 Å². The SMILES string of the molecule is CCCCC[C@H]1CC[C@H](/C=C/C#C/C=C/[C@H]2CC[C@H](OCC)CC2)CC1. The molecule has 0 N–H and O–H groups in total. The van der Waals surface area contributed by atoms with Crippen LogP contribution in [0.5, 0.6) is 0 Å². The Kier molecular flexibility index (Phi) is 10.8. The second-order valence-electron chi connectivity index (χ2n) is 8.28. The van der Waals surface area contributed by atoms with E-state index in [1.54, 1.807) is 0 Å². The second kappa shape index (κ2) is 13.2. The summed E-state index contributed by atoms with van der Waals surface area (Å²) in [5.41, 5.74) is 0. The van der Waals surface area contributed by atoms with Crippen molar-refractivity contribution in [2.24, 2.45) is 17.8 Å². The summed E-state index contributed by atoms with van der Waals surface area (Å²) in [5, 5.41) is 0. The van der Waals surface area contributed by atoms with Gasteiger partial charge in [-0.25, -0.2) is 0 Å². The average Bonchev–Trinajstić information content (AvgIpc) is 2.67. The molecule has 0 atom stereocenters. The summed E-state index contributed by atoms with van der Waals surface area (Å²) < 4.78 is 5.72. The summed E-state index contributed by atoms with van der Waals surface area (Å²) in [6.45, 7) is 5.24. The van der Waals surface area contributed by atoms with Gasteiger partial charge >= 0.3 is 0 Å². The number of unbranched alkanes of at least 4 members (excludes halogenated alkanes) is 2. The molecule has 2 saturated carbocycles. The highest BCUT2D eigenvalue weighted by atomic mass is 16.5. The van der Waals surface area contributed by atoms with Crippen LogP contribution >= 0.6 is 0 Å². The highest BCUT2D eigenvalue weighted by molar-refractivity contribution is 5.24. The van der Waals surface area contributed by atoms with E-state index >= 15 is 0 Å². The monoisotopic (exact) mass is 356 g/mol. The second-order valence-corrected chi connectivity index (χ2v) is 8.28. The largest absolute Gasteiger partial charge is 0.379 e. The molecule has 26 heavy (non-hydrogen) atoms. The lowest BCUT2D eigenvalue weighted by Gasteiger charge is -2.26.